The molecule has 0 unspecified atom stereocenters. The third-order valence-electron chi connectivity index (χ3n) is 4.70. The lowest BCUT2D eigenvalue weighted by Crippen LogP contribution is -2.44. The number of likely N-dealkylation sites (tertiary alicyclic amines) is 1. The van der Waals surface area contributed by atoms with Crippen LogP contribution >= 0.6 is 15.9 Å². The van der Waals surface area contributed by atoms with E-state index in [1.54, 1.807) is 6.20 Å². The van der Waals surface area contributed by atoms with Gasteiger partial charge in [-0.3, -0.25) is 4.79 Å². The van der Waals surface area contributed by atoms with Crippen molar-refractivity contribution in [2.45, 2.75) is 32.2 Å². The van der Waals surface area contributed by atoms with Gasteiger partial charge in [0, 0.05) is 23.6 Å². The van der Waals surface area contributed by atoms with Crippen LogP contribution in [0.4, 0.5) is 0 Å². The molecule has 0 bridgehead atoms. The Balaban J connectivity index is 1.84. The predicted molar refractivity (Wildman–Crippen MR) is 98.6 cm³/mol. The summed E-state index contributed by atoms with van der Waals surface area (Å²) in [7, 11) is 1.99. The zero-order valence-electron chi connectivity index (χ0n) is 14.1. The Morgan fingerprint density at radius 2 is 1.96 bits per heavy atom. The van der Waals surface area contributed by atoms with E-state index in [9.17, 15) is 4.79 Å². The van der Waals surface area contributed by atoms with Crippen molar-refractivity contribution in [1.29, 1.82) is 0 Å². The number of carbonyl (C=O) groups is 1. The minimum absolute atomic E-state index is 0.102. The molecule has 0 aliphatic carbocycles. The number of benzene rings is 1. The number of hydrogen-bond acceptors (Lipinski definition) is 3. The minimum atomic E-state index is 0.102. The number of nitrogens with zero attached hydrogens (tertiary/aromatic N) is 3. The monoisotopic (exact) mass is 390 g/mol. The van der Waals surface area contributed by atoms with E-state index in [0.717, 1.165) is 53.8 Å². The summed E-state index contributed by atoms with van der Waals surface area (Å²) in [5.74, 6) is 0.102. The van der Waals surface area contributed by atoms with Gasteiger partial charge in [0.05, 0.1) is 23.1 Å². The van der Waals surface area contributed by atoms with Crippen molar-refractivity contribution < 1.29 is 4.79 Å². The molecule has 1 saturated heterocycles. The third kappa shape index (κ3) is 3.39. The third-order valence-corrected chi connectivity index (χ3v) is 5.22. The molecule has 0 spiro atoms. The van der Waals surface area contributed by atoms with Crippen molar-refractivity contribution >= 4 is 21.8 Å². The van der Waals surface area contributed by atoms with Gasteiger partial charge in [-0.2, -0.15) is 5.10 Å². The van der Waals surface area contributed by atoms with Gasteiger partial charge < -0.3 is 10.2 Å². The number of piperidine rings is 1. The summed E-state index contributed by atoms with van der Waals surface area (Å²) in [5, 5.41) is 7.77. The van der Waals surface area contributed by atoms with Crippen molar-refractivity contribution in [3.63, 3.8) is 0 Å². The molecule has 1 amide bonds. The van der Waals surface area contributed by atoms with Crippen LogP contribution in [0.2, 0.25) is 0 Å². The highest BCUT2D eigenvalue weighted by Crippen LogP contribution is 2.21. The summed E-state index contributed by atoms with van der Waals surface area (Å²) in [4.78, 5) is 14.9. The smallest absolute Gasteiger partial charge is 0.257 e. The highest BCUT2D eigenvalue weighted by molar-refractivity contribution is 9.10. The van der Waals surface area contributed by atoms with Gasteiger partial charge >= 0.3 is 0 Å². The van der Waals surface area contributed by atoms with E-state index < -0.39 is 0 Å². The molecule has 1 aromatic carbocycles. The van der Waals surface area contributed by atoms with E-state index in [2.05, 4.69) is 33.3 Å². The summed E-state index contributed by atoms with van der Waals surface area (Å²) in [6.45, 7) is 3.67. The van der Waals surface area contributed by atoms with Crippen LogP contribution in [0.5, 0.6) is 0 Å². The molecular formula is C18H23BrN4O. The number of amides is 1. The number of carbonyl (C=O) groups excluding carboxylic acids is 1. The van der Waals surface area contributed by atoms with Gasteiger partial charge in [-0.1, -0.05) is 22.9 Å². The normalized spacial score (nSPS) is 15.7. The molecule has 0 radical (unpaired) electrons. The topological polar surface area (TPSA) is 50.2 Å². The number of nitrogens with one attached hydrogen (secondary N) is 1. The summed E-state index contributed by atoms with van der Waals surface area (Å²) in [5.41, 5.74) is 2.67. The van der Waals surface area contributed by atoms with Crippen LogP contribution in [0, 0.1) is 0 Å². The number of aromatic nitrogens is 2. The van der Waals surface area contributed by atoms with Crippen molar-refractivity contribution in [3.8, 4) is 5.69 Å². The maximum Gasteiger partial charge on any atom is 0.257 e. The SMILES string of the molecule is CCc1c(C(=O)N2CCC(NC)CC2)cnn1-c1ccc(Br)cc1. The summed E-state index contributed by atoms with van der Waals surface area (Å²) >= 11 is 3.45. The van der Waals surface area contributed by atoms with Crippen molar-refractivity contribution in [2.75, 3.05) is 20.1 Å². The lowest BCUT2D eigenvalue weighted by Gasteiger charge is -2.31. The molecule has 1 N–H and O–H groups in total. The summed E-state index contributed by atoms with van der Waals surface area (Å²) in [6.07, 6.45) is 4.49. The average Bonchev–Trinajstić information content (AvgIpc) is 3.05. The number of rotatable bonds is 4. The first-order valence-electron chi connectivity index (χ1n) is 8.43. The van der Waals surface area contributed by atoms with E-state index in [0.29, 0.717) is 6.04 Å². The zero-order valence-corrected chi connectivity index (χ0v) is 15.7. The molecular weight excluding hydrogens is 368 g/mol. The van der Waals surface area contributed by atoms with Gasteiger partial charge in [0.15, 0.2) is 0 Å². The highest BCUT2D eigenvalue weighted by atomic mass is 79.9. The second-order valence-electron chi connectivity index (χ2n) is 6.10. The van der Waals surface area contributed by atoms with E-state index in [1.165, 1.54) is 0 Å². The molecule has 2 heterocycles. The standard InChI is InChI=1S/C18H23BrN4O/c1-3-17-16(18(24)22-10-8-14(20-2)9-11-22)12-21-23(17)15-6-4-13(19)5-7-15/h4-7,12,14,20H,3,8-11H2,1-2H3. The van der Waals surface area contributed by atoms with Gasteiger partial charge in [0.2, 0.25) is 0 Å². The molecule has 1 aromatic heterocycles. The molecule has 6 heteroatoms. The highest BCUT2D eigenvalue weighted by Gasteiger charge is 2.26. The lowest BCUT2D eigenvalue weighted by molar-refractivity contribution is 0.0706. The summed E-state index contributed by atoms with van der Waals surface area (Å²) in [6, 6.07) is 8.50. The molecule has 24 heavy (non-hydrogen) atoms. The van der Waals surface area contributed by atoms with Gasteiger partial charge in [0.1, 0.15) is 0 Å². The number of hydrogen-bond donors (Lipinski definition) is 1. The Morgan fingerprint density at radius 3 is 2.54 bits per heavy atom. The molecule has 3 rings (SSSR count). The molecule has 128 valence electrons. The Bertz CT molecular complexity index is 702. The quantitative estimate of drug-likeness (QED) is 0.872. The average molecular weight is 391 g/mol. The van der Waals surface area contributed by atoms with Crippen LogP contribution < -0.4 is 5.32 Å². The predicted octanol–water partition coefficient (Wildman–Crippen LogP) is 3.02. The Hall–Kier alpha value is -1.66. The molecule has 5 nitrogen and oxygen atoms in total. The number of halogens is 1. The Morgan fingerprint density at radius 1 is 1.29 bits per heavy atom. The molecule has 1 aliphatic heterocycles. The van der Waals surface area contributed by atoms with E-state index in [-0.39, 0.29) is 5.91 Å². The fraction of sp³-hybridized carbons (Fsp3) is 0.444. The van der Waals surface area contributed by atoms with E-state index >= 15 is 0 Å². The second-order valence-corrected chi connectivity index (χ2v) is 7.02. The Kier molecular flexibility index (Phi) is 5.36. The molecule has 2 aromatic rings. The fourth-order valence-electron chi connectivity index (χ4n) is 3.24. The minimum Gasteiger partial charge on any atom is -0.338 e. The van der Waals surface area contributed by atoms with Gasteiger partial charge in [-0.05, 0) is 50.6 Å². The van der Waals surface area contributed by atoms with Gasteiger partial charge in [0.25, 0.3) is 5.91 Å². The van der Waals surface area contributed by atoms with Crippen LogP contribution in [0.1, 0.15) is 35.8 Å². The summed E-state index contributed by atoms with van der Waals surface area (Å²) < 4.78 is 2.90. The van der Waals surface area contributed by atoms with Crippen LogP contribution in [0.3, 0.4) is 0 Å². The second kappa shape index (κ2) is 7.49. The maximum atomic E-state index is 12.9. The van der Waals surface area contributed by atoms with Crippen LogP contribution in [-0.2, 0) is 6.42 Å². The molecule has 1 fully saturated rings. The van der Waals surface area contributed by atoms with Crippen LogP contribution in [0.25, 0.3) is 5.69 Å². The first kappa shape index (κ1) is 17.2. The zero-order chi connectivity index (χ0) is 17.1. The van der Waals surface area contributed by atoms with Gasteiger partial charge in [-0.25, -0.2) is 4.68 Å². The van der Waals surface area contributed by atoms with Crippen molar-refractivity contribution in [2.24, 2.45) is 0 Å². The Labute approximate surface area is 151 Å². The molecule has 0 saturated carbocycles. The van der Waals surface area contributed by atoms with Crippen LogP contribution in [0.15, 0.2) is 34.9 Å². The van der Waals surface area contributed by atoms with E-state index in [4.69, 9.17) is 0 Å². The first-order valence-corrected chi connectivity index (χ1v) is 9.22. The van der Waals surface area contributed by atoms with Crippen molar-refractivity contribution in [1.82, 2.24) is 20.0 Å². The largest absolute Gasteiger partial charge is 0.338 e. The maximum absolute atomic E-state index is 12.9. The van der Waals surface area contributed by atoms with Gasteiger partial charge in [-0.15, -0.1) is 0 Å². The van der Waals surface area contributed by atoms with E-state index in [1.807, 2.05) is 40.9 Å². The fourth-order valence-corrected chi connectivity index (χ4v) is 3.50. The lowest BCUT2D eigenvalue weighted by atomic mass is 10.0. The first-order chi connectivity index (χ1) is 11.6. The molecule has 0 atom stereocenters. The molecule has 1 aliphatic rings. The van der Waals surface area contributed by atoms with Crippen LogP contribution in [-0.4, -0.2) is 46.8 Å². The van der Waals surface area contributed by atoms with Crippen molar-refractivity contribution in [3.05, 3.63) is 46.2 Å².